The Bertz CT molecular complexity index is 465. The van der Waals surface area contributed by atoms with Gasteiger partial charge in [0, 0.05) is 31.3 Å². The topological polar surface area (TPSA) is 75.8 Å². The maximum Gasteiger partial charge on any atom is 0.260 e. The van der Waals surface area contributed by atoms with Crippen molar-refractivity contribution in [2.45, 2.75) is 38.3 Å². The first-order valence-corrected chi connectivity index (χ1v) is 7.57. The fourth-order valence-corrected chi connectivity index (χ4v) is 2.83. The summed E-state index contributed by atoms with van der Waals surface area (Å²) >= 11 is 0. The maximum atomic E-state index is 12.3. The van der Waals surface area contributed by atoms with Gasteiger partial charge in [-0.05, 0) is 31.7 Å². The third kappa shape index (κ3) is 4.19. The van der Waals surface area contributed by atoms with Crippen LogP contribution >= 0.6 is 0 Å². The summed E-state index contributed by atoms with van der Waals surface area (Å²) in [5.41, 5.74) is 6.56. The summed E-state index contributed by atoms with van der Waals surface area (Å²) < 4.78 is 5.63. The predicted octanol–water partition coefficient (Wildman–Crippen LogP) is 1.29. The van der Waals surface area contributed by atoms with Gasteiger partial charge in [0.2, 0.25) is 0 Å². The summed E-state index contributed by atoms with van der Waals surface area (Å²) in [5.74, 6) is 0.696. The summed E-state index contributed by atoms with van der Waals surface area (Å²) in [6, 6.07) is 7.77. The molecule has 116 valence electrons. The van der Waals surface area contributed by atoms with Crippen molar-refractivity contribution in [3.63, 3.8) is 0 Å². The fourth-order valence-electron chi connectivity index (χ4n) is 2.83. The van der Waals surface area contributed by atoms with E-state index in [1.807, 2.05) is 29.2 Å². The molecule has 1 amide bonds. The van der Waals surface area contributed by atoms with Gasteiger partial charge in [-0.25, -0.2) is 0 Å². The molecule has 1 atom stereocenters. The molecule has 5 heteroatoms. The number of amides is 1. The van der Waals surface area contributed by atoms with Crippen LogP contribution in [-0.4, -0.2) is 41.7 Å². The van der Waals surface area contributed by atoms with Crippen LogP contribution in [0.3, 0.4) is 0 Å². The summed E-state index contributed by atoms with van der Waals surface area (Å²) in [6.07, 6.45) is 3.65. The van der Waals surface area contributed by atoms with Gasteiger partial charge in [0.05, 0.1) is 0 Å². The van der Waals surface area contributed by atoms with E-state index in [4.69, 9.17) is 15.6 Å². The van der Waals surface area contributed by atoms with Gasteiger partial charge in [-0.3, -0.25) is 4.79 Å². The van der Waals surface area contributed by atoms with E-state index in [0.717, 1.165) is 37.8 Å². The molecule has 1 fully saturated rings. The fraction of sp³-hybridized carbons (Fsp3) is 0.562. The highest BCUT2D eigenvalue weighted by Crippen LogP contribution is 2.22. The lowest BCUT2D eigenvalue weighted by Gasteiger charge is -2.24. The number of hydrogen-bond donors (Lipinski definition) is 2. The lowest BCUT2D eigenvalue weighted by Crippen LogP contribution is -2.38. The Morgan fingerprint density at radius 2 is 2.24 bits per heavy atom. The second kappa shape index (κ2) is 8.00. The van der Waals surface area contributed by atoms with E-state index < -0.39 is 0 Å². The molecule has 0 radical (unpaired) electrons. The van der Waals surface area contributed by atoms with Crippen LogP contribution in [0.2, 0.25) is 0 Å². The minimum Gasteiger partial charge on any atom is -0.483 e. The van der Waals surface area contributed by atoms with Crippen LogP contribution in [0, 0.1) is 0 Å². The summed E-state index contributed by atoms with van der Waals surface area (Å²) in [4.78, 5) is 14.2. The minimum absolute atomic E-state index is 0.0160. The third-order valence-electron chi connectivity index (χ3n) is 3.94. The van der Waals surface area contributed by atoms with Crippen LogP contribution in [0.1, 0.15) is 31.2 Å². The van der Waals surface area contributed by atoms with Crippen molar-refractivity contribution in [2.75, 3.05) is 19.8 Å². The van der Waals surface area contributed by atoms with Gasteiger partial charge in [0.15, 0.2) is 6.61 Å². The Balaban J connectivity index is 1.89. The van der Waals surface area contributed by atoms with E-state index in [9.17, 15) is 4.79 Å². The number of carbonyl (C=O) groups is 1. The van der Waals surface area contributed by atoms with Crippen LogP contribution in [0.5, 0.6) is 5.75 Å². The number of aliphatic hydroxyl groups excluding tert-OH is 1. The average molecular weight is 292 g/mol. The van der Waals surface area contributed by atoms with E-state index in [0.29, 0.717) is 12.3 Å². The number of nitrogens with zero attached hydrogens (tertiary/aromatic N) is 1. The number of likely N-dealkylation sites (tertiary alicyclic amines) is 1. The van der Waals surface area contributed by atoms with Gasteiger partial charge in [0.25, 0.3) is 5.91 Å². The number of aliphatic hydroxyl groups is 1. The zero-order chi connectivity index (χ0) is 15.1. The first-order chi connectivity index (χ1) is 10.3. The summed E-state index contributed by atoms with van der Waals surface area (Å²) in [5, 5.41) is 8.92. The van der Waals surface area contributed by atoms with Crippen LogP contribution < -0.4 is 10.5 Å². The first-order valence-electron chi connectivity index (χ1n) is 7.57. The van der Waals surface area contributed by atoms with Crippen LogP contribution in [0.4, 0.5) is 0 Å². The number of ether oxygens (including phenoxy) is 1. The molecule has 21 heavy (non-hydrogen) atoms. The van der Waals surface area contributed by atoms with Crippen LogP contribution in [0.25, 0.3) is 0 Å². The lowest BCUT2D eigenvalue weighted by molar-refractivity contribution is -0.134. The molecule has 1 unspecified atom stereocenters. The smallest absolute Gasteiger partial charge is 0.260 e. The average Bonchev–Trinajstić information content (AvgIpc) is 2.99. The largest absolute Gasteiger partial charge is 0.483 e. The standard InChI is InChI=1S/C16H24N2O3/c17-11-13-5-1-2-8-15(13)21-12-16(20)18-9-3-6-14(18)7-4-10-19/h1-2,5,8,14,19H,3-4,6-7,9-12,17H2. The molecule has 0 aromatic heterocycles. The van der Waals surface area contributed by atoms with Gasteiger partial charge < -0.3 is 20.5 Å². The second-order valence-corrected chi connectivity index (χ2v) is 5.35. The Morgan fingerprint density at radius 3 is 3.00 bits per heavy atom. The third-order valence-corrected chi connectivity index (χ3v) is 3.94. The Morgan fingerprint density at radius 1 is 1.43 bits per heavy atom. The van der Waals surface area contributed by atoms with Crippen molar-refractivity contribution in [3.05, 3.63) is 29.8 Å². The first kappa shape index (κ1) is 15.8. The molecular weight excluding hydrogens is 268 g/mol. The normalized spacial score (nSPS) is 18.0. The Hall–Kier alpha value is -1.59. The van der Waals surface area contributed by atoms with Gasteiger partial charge in [0.1, 0.15) is 5.75 Å². The second-order valence-electron chi connectivity index (χ2n) is 5.35. The molecule has 1 heterocycles. The number of hydrogen-bond acceptors (Lipinski definition) is 4. The maximum absolute atomic E-state index is 12.3. The molecule has 2 rings (SSSR count). The highest BCUT2D eigenvalue weighted by molar-refractivity contribution is 5.78. The monoisotopic (exact) mass is 292 g/mol. The van der Waals surface area contributed by atoms with Crippen LogP contribution in [-0.2, 0) is 11.3 Å². The van der Waals surface area contributed by atoms with Gasteiger partial charge in [-0.15, -0.1) is 0 Å². The molecule has 0 spiro atoms. The molecule has 1 aliphatic rings. The highest BCUT2D eigenvalue weighted by Gasteiger charge is 2.28. The van der Waals surface area contributed by atoms with Crippen molar-refractivity contribution in [1.29, 1.82) is 0 Å². The van der Waals surface area contributed by atoms with Gasteiger partial charge in [-0.1, -0.05) is 18.2 Å². The number of nitrogens with two attached hydrogens (primary N) is 1. The molecule has 1 aromatic carbocycles. The number of rotatable bonds is 7. The van der Waals surface area contributed by atoms with Crippen molar-refractivity contribution < 1.29 is 14.6 Å². The quantitative estimate of drug-likeness (QED) is 0.794. The molecule has 0 aliphatic carbocycles. The van der Waals surface area contributed by atoms with E-state index in [1.165, 1.54) is 0 Å². The Labute approximate surface area is 125 Å². The van der Waals surface area contributed by atoms with Crippen molar-refractivity contribution in [3.8, 4) is 5.75 Å². The van der Waals surface area contributed by atoms with E-state index in [2.05, 4.69) is 0 Å². The number of carbonyl (C=O) groups excluding carboxylic acids is 1. The summed E-state index contributed by atoms with van der Waals surface area (Å²) in [7, 11) is 0. The zero-order valence-electron chi connectivity index (χ0n) is 12.3. The molecule has 0 saturated carbocycles. The molecule has 0 bridgehead atoms. The van der Waals surface area contributed by atoms with Crippen molar-refractivity contribution >= 4 is 5.91 Å². The SMILES string of the molecule is NCc1ccccc1OCC(=O)N1CCCC1CCCO. The number of para-hydroxylation sites is 1. The summed E-state index contributed by atoms with van der Waals surface area (Å²) in [6.45, 7) is 1.41. The molecule has 3 N–H and O–H groups in total. The highest BCUT2D eigenvalue weighted by atomic mass is 16.5. The van der Waals surface area contributed by atoms with E-state index in [-0.39, 0.29) is 25.2 Å². The molecule has 5 nitrogen and oxygen atoms in total. The minimum atomic E-state index is 0.0160. The molecule has 1 aromatic rings. The van der Waals surface area contributed by atoms with Gasteiger partial charge >= 0.3 is 0 Å². The van der Waals surface area contributed by atoms with Crippen molar-refractivity contribution in [1.82, 2.24) is 4.90 Å². The van der Waals surface area contributed by atoms with E-state index >= 15 is 0 Å². The molecule has 1 saturated heterocycles. The Kier molecular flexibility index (Phi) is 6.02. The zero-order valence-corrected chi connectivity index (χ0v) is 12.3. The number of benzene rings is 1. The lowest BCUT2D eigenvalue weighted by atomic mass is 10.1. The van der Waals surface area contributed by atoms with E-state index in [1.54, 1.807) is 0 Å². The van der Waals surface area contributed by atoms with Crippen molar-refractivity contribution in [2.24, 2.45) is 5.73 Å². The van der Waals surface area contributed by atoms with Gasteiger partial charge in [-0.2, -0.15) is 0 Å². The predicted molar refractivity (Wildman–Crippen MR) is 80.9 cm³/mol. The molecule has 1 aliphatic heterocycles. The van der Waals surface area contributed by atoms with Crippen LogP contribution in [0.15, 0.2) is 24.3 Å². The molecular formula is C16H24N2O3.